The van der Waals surface area contributed by atoms with Crippen LogP contribution in [0.3, 0.4) is 0 Å². The van der Waals surface area contributed by atoms with Crippen molar-refractivity contribution in [2.45, 2.75) is 12.8 Å². The van der Waals surface area contributed by atoms with Crippen molar-refractivity contribution in [3.05, 3.63) is 26.9 Å². The second kappa shape index (κ2) is 4.67. The largest absolute Gasteiger partial charge is 0.267 e. The zero-order valence-corrected chi connectivity index (χ0v) is 9.11. The van der Waals surface area contributed by atoms with Crippen molar-refractivity contribution >= 4 is 27.5 Å². The molecular formula is C8H4BrClF2N2. The molecule has 0 aliphatic carbocycles. The third kappa shape index (κ3) is 2.20. The molecule has 0 bridgehead atoms. The maximum absolute atomic E-state index is 12.5. The lowest BCUT2D eigenvalue weighted by Gasteiger charge is -2.08. The average molecular weight is 281 g/mol. The first kappa shape index (κ1) is 11.3. The maximum atomic E-state index is 12.5. The summed E-state index contributed by atoms with van der Waals surface area (Å²) in [7, 11) is 0. The molecule has 0 fully saturated rings. The standard InChI is InChI=1S/C8H4BrClF2N2/c9-5-3-14-7(10)6(8(11)12)4(5)1-2-13/h3,8H,1H2. The van der Waals surface area contributed by atoms with Gasteiger partial charge in [-0.1, -0.05) is 11.6 Å². The Labute approximate surface area is 92.6 Å². The lowest BCUT2D eigenvalue weighted by atomic mass is 10.1. The van der Waals surface area contributed by atoms with Gasteiger partial charge in [-0.05, 0) is 21.5 Å². The van der Waals surface area contributed by atoms with Gasteiger partial charge in [0.05, 0.1) is 18.1 Å². The van der Waals surface area contributed by atoms with Gasteiger partial charge in [-0.3, -0.25) is 0 Å². The minimum Gasteiger partial charge on any atom is -0.243 e. The van der Waals surface area contributed by atoms with Crippen molar-refractivity contribution in [2.24, 2.45) is 0 Å². The number of aromatic nitrogens is 1. The van der Waals surface area contributed by atoms with Crippen molar-refractivity contribution in [1.29, 1.82) is 5.26 Å². The van der Waals surface area contributed by atoms with E-state index in [2.05, 4.69) is 20.9 Å². The zero-order chi connectivity index (χ0) is 10.7. The summed E-state index contributed by atoms with van der Waals surface area (Å²) in [6.45, 7) is 0. The van der Waals surface area contributed by atoms with Crippen molar-refractivity contribution in [3.63, 3.8) is 0 Å². The molecule has 0 N–H and O–H groups in total. The molecule has 1 aromatic rings. The molecule has 0 radical (unpaired) electrons. The third-order valence-electron chi connectivity index (χ3n) is 1.60. The summed E-state index contributed by atoms with van der Waals surface area (Å²) in [6.07, 6.45) is -1.54. The maximum Gasteiger partial charge on any atom is 0.267 e. The van der Waals surface area contributed by atoms with Crippen LogP contribution in [0.1, 0.15) is 17.6 Å². The van der Waals surface area contributed by atoms with E-state index in [1.54, 1.807) is 6.07 Å². The van der Waals surface area contributed by atoms with E-state index in [4.69, 9.17) is 16.9 Å². The molecule has 2 nitrogen and oxygen atoms in total. The summed E-state index contributed by atoms with van der Waals surface area (Å²) in [5.74, 6) is 0. The van der Waals surface area contributed by atoms with Crippen LogP contribution < -0.4 is 0 Å². The molecule has 0 unspecified atom stereocenters. The van der Waals surface area contributed by atoms with E-state index < -0.39 is 6.43 Å². The van der Waals surface area contributed by atoms with Crippen LogP contribution >= 0.6 is 27.5 Å². The molecule has 0 atom stereocenters. The summed E-state index contributed by atoms with van der Waals surface area (Å²) in [5.41, 5.74) is -0.176. The van der Waals surface area contributed by atoms with Crippen LogP contribution in [-0.4, -0.2) is 4.98 Å². The van der Waals surface area contributed by atoms with Crippen molar-refractivity contribution in [3.8, 4) is 6.07 Å². The van der Waals surface area contributed by atoms with E-state index in [9.17, 15) is 8.78 Å². The summed E-state index contributed by atoms with van der Waals surface area (Å²) < 4.78 is 25.4. The van der Waals surface area contributed by atoms with E-state index in [1.165, 1.54) is 6.20 Å². The lowest BCUT2D eigenvalue weighted by molar-refractivity contribution is 0.150. The fourth-order valence-corrected chi connectivity index (χ4v) is 1.70. The Bertz CT molecular complexity index is 390. The van der Waals surface area contributed by atoms with E-state index >= 15 is 0 Å². The predicted molar refractivity (Wildman–Crippen MR) is 51.2 cm³/mol. The van der Waals surface area contributed by atoms with Gasteiger partial charge in [0.1, 0.15) is 5.15 Å². The Morgan fingerprint density at radius 3 is 2.79 bits per heavy atom. The fraction of sp³-hybridized carbons (Fsp3) is 0.250. The van der Waals surface area contributed by atoms with Crippen molar-refractivity contribution < 1.29 is 8.78 Å². The van der Waals surface area contributed by atoms with Gasteiger partial charge in [0.2, 0.25) is 0 Å². The van der Waals surface area contributed by atoms with Crippen LogP contribution in [0.15, 0.2) is 10.7 Å². The van der Waals surface area contributed by atoms with Crippen LogP contribution in [0.25, 0.3) is 0 Å². The van der Waals surface area contributed by atoms with Gasteiger partial charge in [0.15, 0.2) is 0 Å². The number of alkyl halides is 2. The van der Waals surface area contributed by atoms with Crippen molar-refractivity contribution in [1.82, 2.24) is 4.98 Å². The number of hydrogen-bond donors (Lipinski definition) is 0. The SMILES string of the molecule is N#CCc1c(Br)cnc(Cl)c1C(F)F. The van der Waals surface area contributed by atoms with E-state index in [0.29, 0.717) is 4.47 Å². The second-order valence-corrected chi connectivity index (χ2v) is 3.64. The van der Waals surface area contributed by atoms with Crippen molar-refractivity contribution in [2.75, 3.05) is 0 Å². The summed E-state index contributed by atoms with van der Waals surface area (Å²) in [6, 6.07) is 1.80. The monoisotopic (exact) mass is 280 g/mol. The topological polar surface area (TPSA) is 36.7 Å². The summed E-state index contributed by atoms with van der Waals surface area (Å²) in [4.78, 5) is 3.57. The summed E-state index contributed by atoms with van der Waals surface area (Å²) >= 11 is 8.56. The Hall–Kier alpha value is -0.730. The molecule has 1 aromatic heterocycles. The highest BCUT2D eigenvalue weighted by atomic mass is 79.9. The molecule has 14 heavy (non-hydrogen) atoms. The van der Waals surface area contributed by atoms with E-state index in [1.807, 2.05) is 0 Å². The smallest absolute Gasteiger partial charge is 0.243 e. The Kier molecular flexibility index (Phi) is 3.78. The Balaban J connectivity index is 3.35. The van der Waals surface area contributed by atoms with Gasteiger partial charge in [0.25, 0.3) is 6.43 Å². The second-order valence-electron chi connectivity index (χ2n) is 2.42. The Morgan fingerprint density at radius 1 is 1.64 bits per heavy atom. The third-order valence-corrected chi connectivity index (χ3v) is 2.59. The molecule has 1 rings (SSSR count). The lowest BCUT2D eigenvalue weighted by Crippen LogP contribution is -1.98. The molecule has 0 aliphatic rings. The highest BCUT2D eigenvalue weighted by molar-refractivity contribution is 9.10. The molecule has 0 amide bonds. The van der Waals surface area contributed by atoms with Gasteiger partial charge in [-0.2, -0.15) is 5.26 Å². The molecule has 0 aromatic carbocycles. The minimum absolute atomic E-state index is 0.123. The fourth-order valence-electron chi connectivity index (χ4n) is 0.994. The molecule has 0 spiro atoms. The van der Waals surface area contributed by atoms with Crippen LogP contribution in [0.2, 0.25) is 5.15 Å². The van der Waals surface area contributed by atoms with E-state index in [-0.39, 0.29) is 22.7 Å². The first-order chi connectivity index (χ1) is 6.57. The first-order valence-corrected chi connectivity index (χ1v) is 4.73. The minimum atomic E-state index is -2.73. The van der Waals surface area contributed by atoms with Crippen LogP contribution in [0, 0.1) is 11.3 Å². The first-order valence-electron chi connectivity index (χ1n) is 3.55. The molecule has 1 heterocycles. The molecular weight excluding hydrogens is 277 g/mol. The van der Waals surface area contributed by atoms with Crippen LogP contribution in [-0.2, 0) is 6.42 Å². The highest BCUT2D eigenvalue weighted by Crippen LogP contribution is 2.33. The number of halogens is 4. The zero-order valence-electron chi connectivity index (χ0n) is 6.77. The van der Waals surface area contributed by atoms with Gasteiger partial charge in [-0.25, -0.2) is 13.8 Å². The van der Waals surface area contributed by atoms with Gasteiger partial charge >= 0.3 is 0 Å². The van der Waals surface area contributed by atoms with Gasteiger partial charge < -0.3 is 0 Å². The average Bonchev–Trinajstić information content (AvgIpc) is 2.11. The number of rotatable bonds is 2. The van der Waals surface area contributed by atoms with Crippen LogP contribution in [0.4, 0.5) is 8.78 Å². The quantitative estimate of drug-likeness (QED) is 0.778. The molecule has 0 aliphatic heterocycles. The number of pyridine rings is 1. The number of nitrogens with zero attached hydrogens (tertiary/aromatic N) is 2. The van der Waals surface area contributed by atoms with E-state index in [0.717, 1.165) is 0 Å². The Morgan fingerprint density at radius 2 is 2.29 bits per heavy atom. The predicted octanol–water partition coefficient (Wildman–Crippen LogP) is 3.50. The molecule has 74 valence electrons. The number of nitriles is 1. The highest BCUT2D eigenvalue weighted by Gasteiger charge is 2.20. The normalized spacial score (nSPS) is 10.3. The number of hydrogen-bond acceptors (Lipinski definition) is 2. The molecule has 0 saturated carbocycles. The molecule has 0 saturated heterocycles. The summed E-state index contributed by atoms with van der Waals surface area (Å²) in [5, 5.41) is 8.21. The molecule has 6 heteroatoms. The van der Waals surface area contributed by atoms with Gasteiger partial charge in [-0.15, -0.1) is 0 Å². The van der Waals surface area contributed by atoms with Crippen LogP contribution in [0.5, 0.6) is 0 Å². The van der Waals surface area contributed by atoms with Gasteiger partial charge in [0, 0.05) is 10.7 Å².